The third-order valence-corrected chi connectivity index (χ3v) is 4.86. The zero-order chi connectivity index (χ0) is 14.8. The van der Waals surface area contributed by atoms with Gasteiger partial charge in [0, 0.05) is 23.2 Å². The first-order valence-corrected chi connectivity index (χ1v) is 8.30. The van der Waals surface area contributed by atoms with E-state index in [2.05, 4.69) is 29.0 Å². The summed E-state index contributed by atoms with van der Waals surface area (Å²) in [6.45, 7) is 2.20. The summed E-state index contributed by atoms with van der Waals surface area (Å²) in [5.41, 5.74) is 2.08. The van der Waals surface area contributed by atoms with Crippen LogP contribution < -0.4 is 4.74 Å². The summed E-state index contributed by atoms with van der Waals surface area (Å²) in [6, 6.07) is 10.5. The lowest BCUT2D eigenvalue weighted by Crippen LogP contribution is -2.10. The van der Waals surface area contributed by atoms with E-state index in [4.69, 9.17) is 21.3 Å². The van der Waals surface area contributed by atoms with Gasteiger partial charge in [0.2, 0.25) is 0 Å². The summed E-state index contributed by atoms with van der Waals surface area (Å²) in [4.78, 5) is 6.05. The normalized spacial score (nSPS) is 12.7. The van der Waals surface area contributed by atoms with Gasteiger partial charge in [-0.25, -0.2) is 4.98 Å². The average molecular weight is 321 g/mol. The summed E-state index contributed by atoms with van der Waals surface area (Å²) in [6.07, 6.45) is 0.758. The van der Waals surface area contributed by atoms with Crippen molar-refractivity contribution >= 4 is 34.0 Å². The van der Waals surface area contributed by atoms with Crippen LogP contribution in [0.25, 0.3) is 11.0 Å². The maximum absolute atomic E-state index is 5.95. The Bertz CT molecular complexity index is 736. The number of hydrogen-bond acceptors (Lipinski definition) is 3. The molecule has 21 heavy (non-hydrogen) atoms. The number of halogens is 1. The number of ether oxygens (including phenoxy) is 1. The zero-order valence-electron chi connectivity index (χ0n) is 12.0. The molecule has 1 unspecified atom stereocenters. The Morgan fingerprint density at radius 3 is 2.90 bits per heavy atom. The van der Waals surface area contributed by atoms with Crippen LogP contribution in [-0.2, 0) is 6.42 Å². The molecule has 0 fully saturated rings. The number of aromatic nitrogens is 2. The Kier molecular flexibility index (Phi) is 4.17. The summed E-state index contributed by atoms with van der Waals surface area (Å²) in [7, 11) is 1.68. The number of rotatable bonds is 5. The number of aryl methyl sites for hydroxylation is 1. The van der Waals surface area contributed by atoms with Crippen LogP contribution in [0.5, 0.6) is 5.75 Å². The van der Waals surface area contributed by atoms with Gasteiger partial charge in [-0.05, 0) is 30.5 Å². The van der Waals surface area contributed by atoms with Gasteiger partial charge in [0.15, 0.2) is 0 Å². The molecule has 2 heterocycles. The van der Waals surface area contributed by atoms with Crippen LogP contribution in [0.15, 0.2) is 35.7 Å². The van der Waals surface area contributed by atoms with Crippen molar-refractivity contribution in [3.05, 3.63) is 46.4 Å². The number of nitrogens with zero attached hydrogens (tertiary/aromatic N) is 2. The maximum Gasteiger partial charge on any atom is 0.121 e. The summed E-state index contributed by atoms with van der Waals surface area (Å²) < 4.78 is 7.62. The quantitative estimate of drug-likeness (QED) is 0.647. The molecule has 5 heteroatoms. The van der Waals surface area contributed by atoms with Crippen LogP contribution in [0, 0.1) is 0 Å². The van der Waals surface area contributed by atoms with Gasteiger partial charge in [-0.3, -0.25) is 0 Å². The highest BCUT2D eigenvalue weighted by atomic mass is 35.5. The van der Waals surface area contributed by atoms with Crippen molar-refractivity contribution in [3.8, 4) is 5.75 Å². The molecule has 0 bridgehead atoms. The van der Waals surface area contributed by atoms with Gasteiger partial charge in [0.1, 0.15) is 11.6 Å². The van der Waals surface area contributed by atoms with Crippen molar-refractivity contribution in [2.45, 2.75) is 19.4 Å². The standard InChI is InChI=1S/C16H17ClN2OS/c1-11(15-4-3-9-21-15)19-14-10-12(20-2)5-6-13(14)18-16(19)7-8-17/h3-6,9-11H,7-8H2,1-2H3. The molecule has 0 radical (unpaired) electrons. The van der Waals surface area contributed by atoms with E-state index in [1.165, 1.54) is 4.88 Å². The molecule has 110 valence electrons. The van der Waals surface area contributed by atoms with Crippen LogP contribution >= 0.6 is 22.9 Å². The summed E-state index contributed by atoms with van der Waals surface area (Å²) >= 11 is 7.71. The predicted octanol–water partition coefficient (Wildman–Crippen LogP) is 4.50. The number of fused-ring (bicyclic) bond motifs is 1. The lowest BCUT2D eigenvalue weighted by atomic mass is 10.2. The lowest BCUT2D eigenvalue weighted by molar-refractivity contribution is 0.415. The molecule has 0 amide bonds. The van der Waals surface area contributed by atoms with Gasteiger partial charge in [-0.2, -0.15) is 0 Å². The molecule has 0 aliphatic heterocycles. The van der Waals surface area contributed by atoms with E-state index in [1.54, 1.807) is 18.4 Å². The Balaban J connectivity index is 2.18. The molecule has 0 spiro atoms. The average Bonchev–Trinajstić information content (AvgIpc) is 3.13. The number of benzene rings is 1. The van der Waals surface area contributed by atoms with Crippen molar-refractivity contribution in [2.24, 2.45) is 0 Å². The molecule has 3 nitrogen and oxygen atoms in total. The van der Waals surface area contributed by atoms with Crippen molar-refractivity contribution in [2.75, 3.05) is 13.0 Å². The molecule has 2 aromatic heterocycles. The highest BCUT2D eigenvalue weighted by molar-refractivity contribution is 7.10. The van der Waals surface area contributed by atoms with Gasteiger partial charge in [-0.1, -0.05) is 6.07 Å². The number of imidazole rings is 1. The maximum atomic E-state index is 5.95. The van der Waals surface area contributed by atoms with Gasteiger partial charge in [-0.15, -0.1) is 22.9 Å². The first-order chi connectivity index (χ1) is 10.2. The van der Waals surface area contributed by atoms with Crippen LogP contribution in [0.3, 0.4) is 0 Å². The molecule has 0 aliphatic rings. The van der Waals surface area contributed by atoms with Gasteiger partial charge in [0.25, 0.3) is 0 Å². The summed E-state index contributed by atoms with van der Waals surface area (Å²) in [5, 5.41) is 2.10. The second-order valence-electron chi connectivity index (χ2n) is 4.88. The molecule has 3 aromatic rings. The largest absolute Gasteiger partial charge is 0.497 e. The van der Waals surface area contributed by atoms with Gasteiger partial charge in [0.05, 0.1) is 24.2 Å². The Morgan fingerprint density at radius 2 is 2.24 bits per heavy atom. The molecule has 1 aromatic carbocycles. The first kappa shape index (κ1) is 14.4. The first-order valence-electron chi connectivity index (χ1n) is 6.89. The van der Waals surface area contributed by atoms with E-state index in [-0.39, 0.29) is 6.04 Å². The second-order valence-corrected chi connectivity index (χ2v) is 6.24. The minimum atomic E-state index is 0.236. The Labute approximate surface area is 133 Å². The predicted molar refractivity (Wildman–Crippen MR) is 88.8 cm³/mol. The van der Waals surface area contributed by atoms with E-state index >= 15 is 0 Å². The van der Waals surface area contributed by atoms with Crippen LogP contribution in [0.2, 0.25) is 0 Å². The van der Waals surface area contributed by atoms with Crippen molar-refractivity contribution in [3.63, 3.8) is 0 Å². The monoisotopic (exact) mass is 320 g/mol. The molecular formula is C16H17ClN2OS. The third-order valence-electron chi connectivity index (χ3n) is 3.63. The van der Waals surface area contributed by atoms with Gasteiger partial charge < -0.3 is 9.30 Å². The van der Waals surface area contributed by atoms with Crippen molar-refractivity contribution in [1.82, 2.24) is 9.55 Å². The fourth-order valence-corrected chi connectivity index (χ4v) is 3.54. The fraction of sp³-hybridized carbons (Fsp3) is 0.312. The molecule has 0 saturated heterocycles. The van der Waals surface area contributed by atoms with Crippen LogP contribution in [-0.4, -0.2) is 22.5 Å². The zero-order valence-corrected chi connectivity index (χ0v) is 13.6. The van der Waals surface area contributed by atoms with E-state index in [0.717, 1.165) is 29.0 Å². The highest BCUT2D eigenvalue weighted by Crippen LogP contribution is 2.30. The lowest BCUT2D eigenvalue weighted by Gasteiger charge is -2.16. The number of hydrogen-bond donors (Lipinski definition) is 0. The topological polar surface area (TPSA) is 27.1 Å². The Hall–Kier alpha value is -1.52. The van der Waals surface area contributed by atoms with E-state index in [9.17, 15) is 0 Å². The highest BCUT2D eigenvalue weighted by Gasteiger charge is 2.18. The molecular weight excluding hydrogens is 304 g/mol. The minimum Gasteiger partial charge on any atom is -0.497 e. The Morgan fingerprint density at radius 1 is 1.38 bits per heavy atom. The molecule has 0 N–H and O–H groups in total. The molecule has 0 saturated carbocycles. The second kappa shape index (κ2) is 6.08. The summed E-state index contributed by atoms with van der Waals surface area (Å²) in [5.74, 6) is 2.44. The number of alkyl halides is 1. The van der Waals surface area contributed by atoms with Gasteiger partial charge >= 0.3 is 0 Å². The van der Waals surface area contributed by atoms with Crippen LogP contribution in [0.4, 0.5) is 0 Å². The van der Waals surface area contributed by atoms with E-state index in [1.807, 2.05) is 18.2 Å². The van der Waals surface area contributed by atoms with Crippen molar-refractivity contribution in [1.29, 1.82) is 0 Å². The van der Waals surface area contributed by atoms with Crippen LogP contribution in [0.1, 0.15) is 23.7 Å². The smallest absolute Gasteiger partial charge is 0.121 e. The number of methoxy groups -OCH3 is 1. The SMILES string of the molecule is COc1ccc2nc(CCCl)n(C(C)c3cccs3)c2c1. The molecule has 3 rings (SSSR count). The fourth-order valence-electron chi connectivity index (χ4n) is 2.60. The minimum absolute atomic E-state index is 0.236. The number of thiophene rings is 1. The molecule has 0 aliphatic carbocycles. The van der Waals surface area contributed by atoms with Crippen molar-refractivity contribution < 1.29 is 4.74 Å². The van der Waals surface area contributed by atoms with E-state index < -0.39 is 0 Å². The molecule has 1 atom stereocenters. The van der Waals surface area contributed by atoms with E-state index in [0.29, 0.717) is 5.88 Å². The third kappa shape index (κ3) is 2.65.